The highest BCUT2D eigenvalue weighted by Crippen LogP contribution is 2.34. The van der Waals surface area contributed by atoms with Gasteiger partial charge in [-0.3, -0.25) is 4.98 Å². The summed E-state index contributed by atoms with van der Waals surface area (Å²) in [5, 5.41) is 0.272. The van der Waals surface area contributed by atoms with Crippen LogP contribution in [0.25, 0.3) is 10.8 Å². The molecule has 22 heavy (non-hydrogen) atoms. The van der Waals surface area contributed by atoms with E-state index in [2.05, 4.69) is 13.9 Å². The fourth-order valence-electron chi connectivity index (χ4n) is 1.66. The summed E-state index contributed by atoms with van der Waals surface area (Å²) in [6, 6.07) is 3.70. The summed E-state index contributed by atoms with van der Waals surface area (Å²) in [5.74, 6) is -1.80. The molecule has 6 nitrogen and oxygen atoms in total. The summed E-state index contributed by atoms with van der Waals surface area (Å²) < 4.78 is 68.5. The third-order valence-corrected chi connectivity index (χ3v) is 3.61. The van der Waals surface area contributed by atoms with Gasteiger partial charge in [0.2, 0.25) is 0 Å². The molecule has 0 bridgehead atoms. The quantitative estimate of drug-likeness (QED) is 0.486. The average molecular weight is 335 g/mol. The van der Waals surface area contributed by atoms with E-state index in [9.17, 15) is 26.4 Å². The topological polar surface area (TPSA) is 82.6 Å². The Morgan fingerprint density at radius 2 is 1.91 bits per heavy atom. The van der Waals surface area contributed by atoms with E-state index in [1.54, 1.807) is 0 Å². The highest BCUT2D eigenvalue weighted by Gasteiger charge is 2.49. The van der Waals surface area contributed by atoms with Gasteiger partial charge in [-0.1, -0.05) is 6.07 Å². The SMILES string of the molecule is COC(=O)c1ccc2cnccc2c1OS(=O)(=O)C(F)(F)F. The van der Waals surface area contributed by atoms with Crippen molar-refractivity contribution in [2.45, 2.75) is 5.51 Å². The van der Waals surface area contributed by atoms with Crippen LogP contribution in [0.15, 0.2) is 30.6 Å². The number of halogens is 3. The minimum atomic E-state index is -5.93. The predicted molar refractivity (Wildman–Crippen MR) is 68.7 cm³/mol. The second kappa shape index (κ2) is 5.44. The van der Waals surface area contributed by atoms with Crippen molar-refractivity contribution in [3.8, 4) is 5.75 Å². The number of carbonyl (C=O) groups is 1. The molecule has 1 aromatic heterocycles. The molecule has 1 aromatic carbocycles. The number of pyridine rings is 1. The zero-order chi connectivity index (χ0) is 16.5. The summed E-state index contributed by atoms with van der Waals surface area (Å²) in [5.41, 5.74) is -6.08. The Morgan fingerprint density at radius 3 is 2.50 bits per heavy atom. The minimum Gasteiger partial charge on any atom is -0.465 e. The highest BCUT2D eigenvalue weighted by molar-refractivity contribution is 7.88. The molecule has 1 heterocycles. The van der Waals surface area contributed by atoms with Crippen molar-refractivity contribution >= 4 is 26.9 Å². The van der Waals surface area contributed by atoms with Crippen molar-refractivity contribution in [1.29, 1.82) is 0 Å². The van der Waals surface area contributed by atoms with Gasteiger partial charge >= 0.3 is 21.6 Å². The van der Waals surface area contributed by atoms with Gasteiger partial charge in [-0.15, -0.1) is 0 Å². The van der Waals surface area contributed by atoms with Gasteiger partial charge in [0.15, 0.2) is 5.75 Å². The van der Waals surface area contributed by atoms with Crippen molar-refractivity contribution in [2.75, 3.05) is 7.11 Å². The van der Waals surface area contributed by atoms with Crippen LogP contribution in [0.2, 0.25) is 0 Å². The van der Waals surface area contributed by atoms with Crippen molar-refractivity contribution < 1.29 is 35.3 Å². The fraction of sp³-hybridized carbons (Fsp3) is 0.167. The normalized spacial score (nSPS) is 12.2. The fourth-order valence-corrected chi connectivity index (χ4v) is 2.15. The number of benzene rings is 1. The highest BCUT2D eigenvalue weighted by atomic mass is 32.2. The van der Waals surface area contributed by atoms with Gasteiger partial charge in [0.25, 0.3) is 0 Å². The molecule has 0 unspecified atom stereocenters. The number of carbonyl (C=O) groups excluding carboxylic acids is 1. The summed E-state index contributed by atoms with van der Waals surface area (Å²) in [7, 11) is -4.93. The number of hydrogen-bond donors (Lipinski definition) is 0. The van der Waals surface area contributed by atoms with Crippen LogP contribution in [0.1, 0.15) is 10.4 Å². The van der Waals surface area contributed by atoms with E-state index in [0.29, 0.717) is 5.39 Å². The zero-order valence-corrected chi connectivity index (χ0v) is 11.7. The number of ether oxygens (including phenoxy) is 1. The number of hydrogen-bond acceptors (Lipinski definition) is 6. The van der Waals surface area contributed by atoms with Gasteiger partial charge in [0, 0.05) is 23.2 Å². The summed E-state index contributed by atoms with van der Waals surface area (Å²) in [6.07, 6.45) is 2.50. The maximum absolute atomic E-state index is 12.5. The van der Waals surface area contributed by atoms with Crippen LogP contribution in [0, 0.1) is 0 Å². The standard InChI is InChI=1S/C12H8F3NO5S/c1-20-11(17)9-3-2-7-6-16-5-4-8(7)10(9)21-22(18,19)12(13,14)15/h2-6H,1H3. The number of methoxy groups -OCH3 is 1. The number of alkyl halides is 3. The summed E-state index contributed by atoms with van der Waals surface area (Å²) in [6.45, 7) is 0. The maximum Gasteiger partial charge on any atom is 0.534 e. The number of aromatic nitrogens is 1. The molecular formula is C12H8F3NO5S. The zero-order valence-electron chi connectivity index (χ0n) is 10.9. The molecule has 0 spiro atoms. The first-order chi connectivity index (χ1) is 10.2. The number of nitrogens with zero attached hydrogens (tertiary/aromatic N) is 1. The van der Waals surface area contributed by atoms with Crippen LogP contribution >= 0.6 is 0 Å². The molecule has 10 heteroatoms. The van der Waals surface area contributed by atoms with Crippen LogP contribution in [0.3, 0.4) is 0 Å². The molecule has 0 aliphatic carbocycles. The van der Waals surface area contributed by atoms with Crippen molar-refractivity contribution in [3.05, 3.63) is 36.2 Å². The third-order valence-electron chi connectivity index (χ3n) is 2.65. The van der Waals surface area contributed by atoms with Gasteiger partial charge in [-0.2, -0.15) is 21.6 Å². The van der Waals surface area contributed by atoms with E-state index in [4.69, 9.17) is 0 Å². The predicted octanol–water partition coefficient (Wildman–Crippen LogP) is 2.25. The first-order valence-electron chi connectivity index (χ1n) is 5.63. The lowest BCUT2D eigenvalue weighted by atomic mass is 10.1. The first-order valence-corrected chi connectivity index (χ1v) is 7.04. The first kappa shape index (κ1) is 16.0. The van der Waals surface area contributed by atoms with Crippen molar-refractivity contribution in [1.82, 2.24) is 4.98 Å². The lowest BCUT2D eigenvalue weighted by Crippen LogP contribution is -2.28. The lowest BCUT2D eigenvalue weighted by Gasteiger charge is -2.14. The summed E-state index contributed by atoms with van der Waals surface area (Å²) in [4.78, 5) is 15.4. The van der Waals surface area contributed by atoms with E-state index >= 15 is 0 Å². The van der Waals surface area contributed by atoms with Gasteiger partial charge in [-0.05, 0) is 12.1 Å². The molecule has 0 aliphatic rings. The van der Waals surface area contributed by atoms with Crippen LogP contribution in [-0.2, 0) is 14.9 Å². The van der Waals surface area contributed by atoms with Crippen LogP contribution in [0.5, 0.6) is 5.75 Å². The van der Waals surface area contributed by atoms with Crippen LogP contribution < -0.4 is 4.18 Å². The second-order valence-corrected chi connectivity index (χ2v) is 5.55. The van der Waals surface area contributed by atoms with Gasteiger partial charge in [0.1, 0.15) is 5.56 Å². The van der Waals surface area contributed by atoms with Crippen LogP contribution in [-0.4, -0.2) is 32.0 Å². The molecule has 118 valence electrons. The smallest absolute Gasteiger partial charge is 0.465 e. The minimum absolute atomic E-state index is 0.0225. The molecule has 0 radical (unpaired) electrons. The Balaban J connectivity index is 2.71. The Hall–Kier alpha value is -2.36. The molecule has 2 aromatic rings. The summed E-state index contributed by atoms with van der Waals surface area (Å²) >= 11 is 0. The van der Waals surface area contributed by atoms with E-state index in [-0.39, 0.29) is 5.39 Å². The molecular weight excluding hydrogens is 327 g/mol. The molecule has 0 saturated heterocycles. The largest absolute Gasteiger partial charge is 0.534 e. The average Bonchev–Trinajstić information content (AvgIpc) is 2.45. The third kappa shape index (κ3) is 2.82. The van der Waals surface area contributed by atoms with Crippen LogP contribution in [0.4, 0.5) is 13.2 Å². The van der Waals surface area contributed by atoms with E-state index in [1.807, 2.05) is 0 Å². The Labute approximate surface area is 122 Å². The van der Waals surface area contributed by atoms with E-state index < -0.39 is 32.9 Å². The molecule has 0 fully saturated rings. The van der Waals surface area contributed by atoms with E-state index in [1.165, 1.54) is 24.5 Å². The molecule has 0 N–H and O–H groups in total. The number of fused-ring (bicyclic) bond motifs is 1. The van der Waals surface area contributed by atoms with E-state index in [0.717, 1.165) is 13.2 Å². The lowest BCUT2D eigenvalue weighted by molar-refractivity contribution is -0.0500. The second-order valence-electron chi connectivity index (χ2n) is 4.01. The molecule has 0 saturated carbocycles. The van der Waals surface area contributed by atoms with Gasteiger partial charge < -0.3 is 8.92 Å². The Kier molecular flexibility index (Phi) is 3.96. The monoisotopic (exact) mass is 335 g/mol. The number of esters is 1. The van der Waals surface area contributed by atoms with Crippen molar-refractivity contribution in [3.63, 3.8) is 0 Å². The van der Waals surface area contributed by atoms with Crippen molar-refractivity contribution in [2.24, 2.45) is 0 Å². The molecule has 0 atom stereocenters. The molecule has 0 aliphatic heterocycles. The Bertz CT molecular complexity index is 832. The number of rotatable bonds is 3. The maximum atomic E-state index is 12.5. The van der Waals surface area contributed by atoms with Gasteiger partial charge in [-0.25, -0.2) is 4.79 Å². The molecule has 0 amide bonds. The molecule has 2 rings (SSSR count). The van der Waals surface area contributed by atoms with Gasteiger partial charge in [0.05, 0.1) is 7.11 Å². The Morgan fingerprint density at radius 1 is 1.23 bits per heavy atom.